The molecule has 0 aromatic heterocycles. The first-order valence-electron chi connectivity index (χ1n) is 0.408. The minimum absolute atomic E-state index is 0. The Hall–Kier alpha value is 3.74. The Morgan fingerprint density at radius 1 is 0.400 bits per heavy atom. The van der Waals surface area contributed by atoms with E-state index in [1.165, 1.54) is 0 Å². The fourth-order valence-corrected chi connectivity index (χ4v) is 0. The third kappa shape index (κ3) is 314. The summed E-state index contributed by atoms with van der Waals surface area (Å²) in [5, 5.41) is 0. The van der Waals surface area contributed by atoms with E-state index in [0.717, 1.165) is 0 Å². The second kappa shape index (κ2) is 221. The van der Waals surface area contributed by atoms with Gasteiger partial charge in [0.05, 0.1) is 0 Å². The van der Waals surface area contributed by atoms with E-state index in [1.54, 1.807) is 0 Å². The topological polar surface area (TPSA) is 214 Å². The van der Waals surface area contributed by atoms with Crippen molar-refractivity contribution in [3.8, 4) is 0 Å². The van der Waals surface area contributed by atoms with Gasteiger partial charge < -0.3 is 32.9 Å². The number of rotatable bonds is 0. The van der Waals surface area contributed by atoms with Crippen LogP contribution in [0.2, 0.25) is 0 Å². The van der Waals surface area contributed by atoms with Crippen molar-refractivity contribution in [2.75, 3.05) is 0 Å². The van der Waals surface area contributed by atoms with Gasteiger partial charge in [-0.2, -0.15) is 0 Å². The summed E-state index contributed by atoms with van der Waals surface area (Å²) < 4.78 is 17.1. The molecule has 0 unspecified atom stereocenters. The van der Waals surface area contributed by atoms with E-state index in [9.17, 15) is 0 Å². The molecule has 0 saturated carbocycles. The van der Waals surface area contributed by atoms with Gasteiger partial charge >= 0.3 is 140 Å². The van der Waals surface area contributed by atoms with E-state index < -0.39 is 21.1 Å². The summed E-state index contributed by atoms with van der Waals surface area (Å²) in [6.07, 6.45) is 0. The Kier molecular flexibility index (Phi) is 2640. The Morgan fingerprint density at radius 3 is 0.400 bits per heavy atom. The van der Waals surface area contributed by atoms with E-state index >= 15 is 0 Å². The molecule has 0 aromatic rings. The Labute approximate surface area is 170 Å². The summed E-state index contributed by atoms with van der Waals surface area (Å²) in [5.74, 6) is 0. The van der Waals surface area contributed by atoms with Gasteiger partial charge in [-0.05, 0) is 0 Å². The molecule has 8 nitrogen and oxygen atoms in total. The van der Waals surface area contributed by atoms with Crippen molar-refractivity contribution in [3.63, 3.8) is 0 Å². The monoisotopic (exact) mass is 296 g/mol. The average molecular weight is 294 g/mol. The van der Waals surface area contributed by atoms with Crippen molar-refractivity contribution in [3.05, 3.63) is 0 Å². The molecule has 0 bridgehead atoms. The van der Waals surface area contributed by atoms with Gasteiger partial charge in [-0.15, -0.1) is 0 Å². The maximum atomic E-state index is 8.54. The van der Waals surface area contributed by atoms with Crippen molar-refractivity contribution in [1.82, 2.24) is 0 Å². The first kappa shape index (κ1) is 179. The number of hydrogen-bond acceptors (Lipinski definition) is 8. The summed E-state index contributed by atoms with van der Waals surface area (Å²) in [7, 11) is 0. The normalized spacial score (nSPS) is 0.533. The van der Waals surface area contributed by atoms with Gasteiger partial charge in [0.25, 0.3) is 0 Å². The molecule has 0 rings (SSSR count). The van der Waals surface area contributed by atoms with Crippen LogP contribution in [-0.4, -0.2) is 54.0 Å². The van der Waals surface area contributed by atoms with E-state index in [0.29, 0.717) is 0 Å². The second-order valence-electron chi connectivity index (χ2n) is 0.0833. The molecular formula is H6Li6O8Sn. The molecule has 15 heavy (non-hydrogen) atoms. The van der Waals surface area contributed by atoms with Gasteiger partial charge in [0.1, 0.15) is 0 Å². The van der Waals surface area contributed by atoms with E-state index in [1.807, 2.05) is 0 Å². The van der Waals surface area contributed by atoms with Crippen LogP contribution in [0.3, 0.4) is 0 Å². The summed E-state index contributed by atoms with van der Waals surface area (Å²) in [6.45, 7) is 0. The summed E-state index contributed by atoms with van der Waals surface area (Å²) in [6, 6.07) is 0. The van der Waals surface area contributed by atoms with Gasteiger partial charge in [-0.3, -0.25) is 0 Å². The first-order chi connectivity index (χ1) is 1.41. The van der Waals surface area contributed by atoms with E-state index in [2.05, 4.69) is 0 Å². The van der Waals surface area contributed by atoms with Crippen LogP contribution in [0.5, 0.6) is 0 Å². The van der Waals surface area contributed by atoms with Crippen LogP contribution >= 0.6 is 0 Å². The third-order valence-electron chi connectivity index (χ3n) is 0. The average Bonchev–Trinajstić information content (AvgIpc) is 0.918. The zero-order valence-corrected chi connectivity index (χ0v) is 12.9. The molecule has 0 aromatic carbocycles. The van der Waals surface area contributed by atoms with Gasteiger partial charge in [0.15, 0.2) is 0 Å². The van der Waals surface area contributed by atoms with Crippen LogP contribution in [0, 0.1) is 0 Å². The van der Waals surface area contributed by atoms with Gasteiger partial charge in [0, 0.05) is 0 Å². The van der Waals surface area contributed by atoms with E-state index in [4.69, 9.17) is 6.15 Å². The zero-order chi connectivity index (χ0) is 2.71. The van der Waals surface area contributed by atoms with Crippen LogP contribution in [0.1, 0.15) is 0 Å². The number of hydrogen-bond donors (Lipinski definition) is 0. The van der Waals surface area contributed by atoms with Crippen LogP contribution in [0.15, 0.2) is 0 Å². The molecule has 64 valence electrons. The molecule has 0 saturated heterocycles. The van der Waals surface area contributed by atoms with Crippen LogP contribution in [0.4, 0.5) is 0 Å². The van der Waals surface area contributed by atoms with Gasteiger partial charge in [-0.1, -0.05) is 0 Å². The van der Waals surface area contributed by atoms with Gasteiger partial charge in [0.2, 0.25) is 0 Å². The van der Waals surface area contributed by atoms with Crippen molar-refractivity contribution < 1.29 is 152 Å². The molecule has 0 atom stereocenters. The molecule has 0 aliphatic carbocycles. The maximum absolute atomic E-state index is 8.54. The van der Waals surface area contributed by atoms with Crippen LogP contribution in [-0.2, 0) is 6.15 Å². The van der Waals surface area contributed by atoms with Crippen molar-refractivity contribution in [1.29, 1.82) is 0 Å². The molecule has 0 radical (unpaired) electrons. The first-order valence-corrected chi connectivity index (χ1v) is 2.74. The fraction of sp³-hybridized carbons (Fsp3) is 0. The van der Waals surface area contributed by atoms with Crippen molar-refractivity contribution in [2.24, 2.45) is 0 Å². The summed E-state index contributed by atoms with van der Waals surface area (Å²) in [4.78, 5) is 0. The molecule has 0 amide bonds. The predicted octanol–water partition coefficient (Wildman–Crippen LogP) is -19.7. The molecule has 0 heterocycles. The van der Waals surface area contributed by atoms with Crippen LogP contribution < -0.4 is 113 Å². The molecule has 0 fully saturated rings. The molecule has 15 heteroatoms. The van der Waals surface area contributed by atoms with Gasteiger partial charge in [-0.25, -0.2) is 0 Å². The van der Waals surface area contributed by atoms with E-state index in [-0.39, 0.29) is 146 Å². The standard InChI is InChI=1S/6Li.6H2O.2O.Sn/h;;;;;;6*1H2;;;/q6*+1;;;;;;;;;/p-6. The zero-order valence-electron chi connectivity index (χ0n) is 10.00. The second-order valence-corrected chi connectivity index (χ2v) is 0.559. The summed E-state index contributed by atoms with van der Waals surface area (Å²) in [5.41, 5.74) is 0. The third-order valence-corrected chi connectivity index (χ3v) is 0. The predicted molar refractivity (Wildman–Crippen MR) is 18.7 cm³/mol. The molecule has 0 aliphatic heterocycles. The Morgan fingerprint density at radius 2 is 0.400 bits per heavy atom. The fourth-order valence-electron chi connectivity index (χ4n) is 0. The quantitative estimate of drug-likeness (QED) is 0.389. The van der Waals surface area contributed by atoms with Crippen LogP contribution in [0.25, 0.3) is 0 Å². The SMILES string of the molecule is [Li+].[Li+].[Li+].[Li+].[Li+].[Li+].[OH-].[OH-].[OH-].[OH-].[OH-].[OH-].[O]=[Sn]=[O]. The molecule has 6 N–H and O–H groups in total. The molecule has 0 aliphatic rings. The van der Waals surface area contributed by atoms with Crippen molar-refractivity contribution >= 4 is 21.1 Å². The van der Waals surface area contributed by atoms with Crippen molar-refractivity contribution in [2.45, 2.75) is 0 Å². The minimum atomic E-state index is -2.27. The summed E-state index contributed by atoms with van der Waals surface area (Å²) >= 11 is -2.27. The Balaban J connectivity index is -0.000000000303. The Bertz CT molecular complexity index is 40.1. The molecular weight excluding hydrogens is 288 g/mol. The molecule has 0 spiro atoms.